The van der Waals surface area contributed by atoms with Crippen molar-refractivity contribution in [3.63, 3.8) is 0 Å². The molecule has 1 aromatic rings. The quantitative estimate of drug-likeness (QED) is 0.355. The molecule has 0 saturated carbocycles. The SMILES string of the molecule is Cc1c(B2OC(C)(C)C(C)(C)O2)cccc1[C@H]1O[C@H](COC(=O)C(C)(C)C)[C@@H](OC(=O)C(C)(C)C)[C@H](C)[C@@H]1C. The smallest absolute Gasteiger partial charge is 0.462 e. The third kappa shape index (κ3) is 6.54. The van der Waals surface area contributed by atoms with E-state index in [1.165, 1.54) is 0 Å². The molecular formula is C31H49BO7. The van der Waals surface area contributed by atoms with Gasteiger partial charge in [-0.25, -0.2) is 0 Å². The van der Waals surface area contributed by atoms with Gasteiger partial charge in [-0.15, -0.1) is 0 Å². The zero-order chi connectivity index (χ0) is 29.7. The molecule has 0 amide bonds. The average Bonchev–Trinajstić information content (AvgIpc) is 3.01. The van der Waals surface area contributed by atoms with Crippen LogP contribution in [0.2, 0.25) is 0 Å². The molecule has 2 fully saturated rings. The topological polar surface area (TPSA) is 80.3 Å². The number of benzene rings is 1. The van der Waals surface area contributed by atoms with E-state index in [0.717, 1.165) is 16.6 Å². The van der Waals surface area contributed by atoms with E-state index in [2.05, 4.69) is 26.8 Å². The van der Waals surface area contributed by atoms with Gasteiger partial charge < -0.3 is 23.5 Å². The first-order valence-electron chi connectivity index (χ1n) is 14.2. The van der Waals surface area contributed by atoms with Crippen LogP contribution in [0.4, 0.5) is 0 Å². The molecule has 0 unspecified atom stereocenters. The molecule has 2 aliphatic heterocycles. The highest BCUT2D eigenvalue weighted by atomic mass is 16.7. The Morgan fingerprint density at radius 1 is 0.897 bits per heavy atom. The molecule has 0 radical (unpaired) electrons. The fraction of sp³-hybridized carbons (Fsp3) is 0.742. The standard InChI is InChI=1S/C31H49BO7/c1-18-19(2)25(37-27(34)29(7,8)9)23(17-35-26(33)28(4,5)6)36-24(18)21-15-14-16-22(20(21)3)32-38-30(10,11)31(12,13)39-32/h14-16,18-19,23-25H,17H2,1-13H3/t18-,19+,23+,24-,25-/m0/s1. The van der Waals surface area contributed by atoms with Gasteiger partial charge in [0.1, 0.15) is 18.8 Å². The summed E-state index contributed by atoms with van der Waals surface area (Å²) < 4.78 is 31.1. The Bertz CT molecular complexity index is 1050. The maximum atomic E-state index is 12.9. The van der Waals surface area contributed by atoms with E-state index in [0.29, 0.717) is 0 Å². The Balaban J connectivity index is 1.94. The molecule has 0 aliphatic carbocycles. The van der Waals surface area contributed by atoms with E-state index in [9.17, 15) is 9.59 Å². The minimum Gasteiger partial charge on any atom is -0.462 e. The Morgan fingerprint density at radius 2 is 1.44 bits per heavy atom. The van der Waals surface area contributed by atoms with Crippen LogP contribution in [-0.4, -0.2) is 49.1 Å². The van der Waals surface area contributed by atoms with Gasteiger partial charge in [0, 0.05) is 5.92 Å². The summed E-state index contributed by atoms with van der Waals surface area (Å²) in [7, 11) is -0.490. The number of ether oxygens (including phenoxy) is 3. The van der Waals surface area contributed by atoms with Crippen molar-refractivity contribution < 1.29 is 33.1 Å². The monoisotopic (exact) mass is 544 g/mol. The Labute approximate surface area is 235 Å². The molecule has 5 atom stereocenters. The van der Waals surface area contributed by atoms with Crippen LogP contribution in [0.5, 0.6) is 0 Å². The summed E-state index contributed by atoms with van der Waals surface area (Å²) in [5.74, 6) is -0.661. The second-order valence-corrected chi connectivity index (χ2v) is 14.4. The lowest BCUT2D eigenvalue weighted by Gasteiger charge is -2.45. The van der Waals surface area contributed by atoms with E-state index >= 15 is 0 Å². The molecule has 39 heavy (non-hydrogen) atoms. The van der Waals surface area contributed by atoms with Crippen molar-refractivity contribution in [2.75, 3.05) is 6.61 Å². The van der Waals surface area contributed by atoms with Gasteiger partial charge in [-0.1, -0.05) is 32.0 Å². The lowest BCUT2D eigenvalue weighted by molar-refractivity contribution is -0.214. The zero-order valence-corrected chi connectivity index (χ0v) is 26.3. The molecule has 0 spiro atoms. The molecule has 2 saturated heterocycles. The van der Waals surface area contributed by atoms with Gasteiger partial charge in [-0.05, 0) is 98.7 Å². The number of hydrogen-bond donors (Lipinski definition) is 0. The molecular weight excluding hydrogens is 495 g/mol. The van der Waals surface area contributed by atoms with Crippen LogP contribution in [0.15, 0.2) is 18.2 Å². The highest BCUT2D eigenvalue weighted by Crippen LogP contribution is 2.43. The van der Waals surface area contributed by atoms with Crippen LogP contribution in [-0.2, 0) is 33.1 Å². The van der Waals surface area contributed by atoms with Crippen LogP contribution < -0.4 is 5.46 Å². The number of carbonyl (C=O) groups is 2. The lowest BCUT2D eigenvalue weighted by Crippen LogP contribution is -2.51. The van der Waals surface area contributed by atoms with Gasteiger partial charge in [0.15, 0.2) is 0 Å². The van der Waals surface area contributed by atoms with Crippen LogP contribution in [0.1, 0.15) is 100 Å². The predicted molar refractivity (Wildman–Crippen MR) is 153 cm³/mol. The minimum atomic E-state index is -0.666. The summed E-state index contributed by atoms with van der Waals surface area (Å²) in [6.07, 6.45) is -1.47. The van der Waals surface area contributed by atoms with Crippen molar-refractivity contribution in [1.29, 1.82) is 0 Å². The summed E-state index contributed by atoms with van der Waals surface area (Å²) in [5.41, 5.74) is 0.806. The van der Waals surface area contributed by atoms with E-state index in [4.69, 9.17) is 23.5 Å². The third-order valence-electron chi connectivity index (χ3n) is 8.59. The second kappa shape index (κ2) is 10.8. The van der Waals surface area contributed by atoms with Crippen molar-refractivity contribution in [1.82, 2.24) is 0 Å². The molecule has 218 valence electrons. The number of hydrogen-bond acceptors (Lipinski definition) is 7. The first-order valence-corrected chi connectivity index (χ1v) is 14.2. The lowest BCUT2D eigenvalue weighted by atomic mass is 9.72. The van der Waals surface area contributed by atoms with E-state index in [1.54, 1.807) is 0 Å². The van der Waals surface area contributed by atoms with Gasteiger partial charge in [0.05, 0.1) is 28.1 Å². The fourth-order valence-corrected chi connectivity index (χ4v) is 4.86. The van der Waals surface area contributed by atoms with Gasteiger partial charge in [0.2, 0.25) is 0 Å². The Kier molecular flexibility index (Phi) is 8.78. The maximum Gasteiger partial charge on any atom is 0.495 e. The Morgan fingerprint density at radius 3 is 1.95 bits per heavy atom. The van der Waals surface area contributed by atoms with Crippen LogP contribution >= 0.6 is 0 Å². The first kappa shape index (κ1) is 31.6. The molecule has 8 heteroatoms. The first-order chi connectivity index (χ1) is 17.7. The van der Waals surface area contributed by atoms with Gasteiger partial charge in [0.25, 0.3) is 0 Å². The fourth-order valence-electron chi connectivity index (χ4n) is 4.86. The van der Waals surface area contributed by atoms with Gasteiger partial charge >= 0.3 is 19.1 Å². The maximum absolute atomic E-state index is 12.9. The molecule has 0 N–H and O–H groups in total. The summed E-state index contributed by atoms with van der Waals surface area (Å²) in [4.78, 5) is 25.5. The van der Waals surface area contributed by atoms with Crippen molar-refractivity contribution in [2.24, 2.45) is 22.7 Å². The van der Waals surface area contributed by atoms with Crippen molar-refractivity contribution in [3.05, 3.63) is 29.3 Å². The van der Waals surface area contributed by atoms with Crippen molar-refractivity contribution >= 4 is 24.5 Å². The molecule has 2 aliphatic rings. The second-order valence-electron chi connectivity index (χ2n) is 14.4. The van der Waals surface area contributed by atoms with Crippen molar-refractivity contribution in [2.45, 2.75) is 120 Å². The summed E-state index contributed by atoms with van der Waals surface area (Å²) >= 11 is 0. The van der Waals surface area contributed by atoms with Gasteiger partial charge in [-0.3, -0.25) is 9.59 Å². The summed E-state index contributed by atoms with van der Waals surface area (Å²) in [6.45, 7) is 25.4. The number of esters is 2. The molecule has 7 nitrogen and oxygen atoms in total. The van der Waals surface area contributed by atoms with E-state index in [-0.39, 0.29) is 36.5 Å². The molecule has 1 aromatic carbocycles. The number of carbonyl (C=O) groups excluding carboxylic acids is 2. The molecule has 0 aromatic heterocycles. The van der Waals surface area contributed by atoms with Crippen LogP contribution in [0.25, 0.3) is 0 Å². The highest BCUT2D eigenvalue weighted by molar-refractivity contribution is 6.62. The summed E-state index contributed by atoms with van der Waals surface area (Å²) in [6, 6.07) is 6.11. The minimum absolute atomic E-state index is 0.00170. The van der Waals surface area contributed by atoms with Gasteiger partial charge in [-0.2, -0.15) is 0 Å². The average molecular weight is 545 g/mol. The summed E-state index contributed by atoms with van der Waals surface area (Å²) in [5, 5.41) is 0. The normalized spacial score (nSPS) is 28.7. The molecule has 2 heterocycles. The highest BCUT2D eigenvalue weighted by Gasteiger charge is 2.53. The van der Waals surface area contributed by atoms with Crippen LogP contribution in [0.3, 0.4) is 0 Å². The largest absolute Gasteiger partial charge is 0.495 e. The predicted octanol–water partition coefficient (Wildman–Crippen LogP) is 5.55. The van der Waals surface area contributed by atoms with Crippen LogP contribution in [0, 0.1) is 29.6 Å². The zero-order valence-electron chi connectivity index (χ0n) is 26.3. The van der Waals surface area contributed by atoms with E-state index < -0.39 is 41.4 Å². The third-order valence-corrected chi connectivity index (χ3v) is 8.59. The molecule has 3 rings (SSSR count). The van der Waals surface area contributed by atoms with E-state index in [1.807, 2.05) is 81.4 Å². The number of rotatable bonds is 5. The molecule has 0 bridgehead atoms. The van der Waals surface area contributed by atoms with Crippen molar-refractivity contribution in [3.8, 4) is 0 Å². The Hall–Kier alpha value is -1.90.